The van der Waals surface area contributed by atoms with Crippen molar-refractivity contribution in [2.75, 3.05) is 19.3 Å². The molecule has 0 N–H and O–H groups in total. The van der Waals surface area contributed by atoms with E-state index in [9.17, 15) is 18.0 Å². The van der Waals surface area contributed by atoms with E-state index in [1.54, 1.807) is 36.8 Å². The molecule has 3 heterocycles. The van der Waals surface area contributed by atoms with Crippen molar-refractivity contribution in [2.45, 2.75) is 17.9 Å². The number of carbonyl (C=O) groups excluding carboxylic acids is 2. The van der Waals surface area contributed by atoms with Crippen molar-refractivity contribution in [3.05, 3.63) is 66.6 Å². The third-order valence-corrected chi connectivity index (χ3v) is 6.12. The fourth-order valence-electron chi connectivity index (χ4n) is 3.53. The predicted octanol–water partition coefficient (Wildman–Crippen LogP) is 1.64. The first-order chi connectivity index (χ1) is 14.8. The Morgan fingerprint density at radius 3 is 2.55 bits per heavy atom. The molecule has 3 aromatic rings. The lowest BCUT2D eigenvalue weighted by atomic mass is 10.2. The largest absolute Gasteiger partial charge is 0.273 e. The minimum Gasteiger partial charge on any atom is -0.271 e. The number of benzene rings is 1. The summed E-state index contributed by atoms with van der Waals surface area (Å²) in [6, 6.07) is 11.5. The maximum atomic E-state index is 13.1. The van der Waals surface area contributed by atoms with E-state index in [0.29, 0.717) is 25.2 Å². The second-order valence-corrected chi connectivity index (χ2v) is 9.19. The van der Waals surface area contributed by atoms with Crippen molar-refractivity contribution >= 4 is 21.7 Å². The second kappa shape index (κ2) is 8.31. The van der Waals surface area contributed by atoms with Gasteiger partial charge in [0.1, 0.15) is 6.54 Å². The Morgan fingerprint density at radius 1 is 1.03 bits per heavy atom. The number of aromatic nitrogens is 3. The fraction of sp³-hybridized carbons (Fsp3) is 0.238. The number of carbonyl (C=O) groups is 2. The number of nitrogens with zero attached hydrogens (tertiary/aromatic N) is 5. The molecule has 1 aliphatic heterocycles. The zero-order valence-corrected chi connectivity index (χ0v) is 17.7. The highest BCUT2D eigenvalue weighted by Crippen LogP contribution is 2.22. The standard InChI is InChI=1S/C21H21N5O4S/c1-31(29,30)19-8-3-2-7-17(19)21(28)26-12-5-11-25(26)20(27)15-24-13-9-18(23-24)16-6-4-10-22-14-16/h2-4,6-10,13-14H,5,11-12,15H2,1H3. The van der Waals surface area contributed by atoms with Crippen LogP contribution in [0.4, 0.5) is 0 Å². The van der Waals surface area contributed by atoms with Crippen molar-refractivity contribution in [3.63, 3.8) is 0 Å². The van der Waals surface area contributed by atoms with Gasteiger partial charge in [-0.25, -0.2) is 18.4 Å². The fourth-order valence-corrected chi connectivity index (χ4v) is 4.41. The minimum absolute atomic E-state index is 0.0439. The van der Waals surface area contributed by atoms with Gasteiger partial charge in [0.2, 0.25) is 0 Å². The van der Waals surface area contributed by atoms with Crippen LogP contribution in [0.15, 0.2) is 66.0 Å². The summed E-state index contributed by atoms with van der Waals surface area (Å²) in [5, 5.41) is 7.10. The Bertz CT molecular complexity index is 1220. The summed E-state index contributed by atoms with van der Waals surface area (Å²) in [6.07, 6.45) is 6.73. The van der Waals surface area contributed by atoms with E-state index in [1.807, 2.05) is 12.1 Å². The average molecular weight is 439 g/mol. The molecule has 1 aromatic carbocycles. The van der Waals surface area contributed by atoms with Gasteiger partial charge in [-0.3, -0.25) is 19.3 Å². The van der Waals surface area contributed by atoms with Gasteiger partial charge in [0.25, 0.3) is 11.8 Å². The van der Waals surface area contributed by atoms with Crippen LogP contribution in [0, 0.1) is 0 Å². The number of hydrogen-bond acceptors (Lipinski definition) is 6. The highest BCUT2D eigenvalue weighted by Gasteiger charge is 2.33. The Hall–Kier alpha value is -3.53. The van der Waals surface area contributed by atoms with Crippen LogP contribution in [0.2, 0.25) is 0 Å². The molecule has 2 amide bonds. The monoisotopic (exact) mass is 439 g/mol. The molecule has 1 fully saturated rings. The molecular weight excluding hydrogens is 418 g/mol. The smallest absolute Gasteiger partial charge is 0.271 e. The van der Waals surface area contributed by atoms with Gasteiger partial charge in [-0.1, -0.05) is 12.1 Å². The number of hydrazine groups is 1. The van der Waals surface area contributed by atoms with E-state index in [2.05, 4.69) is 10.1 Å². The summed E-state index contributed by atoms with van der Waals surface area (Å²) in [6.45, 7) is 0.669. The van der Waals surface area contributed by atoms with E-state index < -0.39 is 15.7 Å². The lowest BCUT2D eigenvalue weighted by Gasteiger charge is -2.28. The van der Waals surface area contributed by atoms with Crippen LogP contribution in [-0.4, -0.2) is 64.4 Å². The van der Waals surface area contributed by atoms with Crippen LogP contribution in [0.3, 0.4) is 0 Å². The number of amides is 2. The van der Waals surface area contributed by atoms with Gasteiger partial charge in [-0.15, -0.1) is 0 Å². The van der Waals surface area contributed by atoms with Crippen LogP contribution >= 0.6 is 0 Å². The Balaban J connectivity index is 1.52. The molecule has 4 rings (SSSR count). The van der Waals surface area contributed by atoms with Crippen molar-refractivity contribution < 1.29 is 18.0 Å². The highest BCUT2D eigenvalue weighted by atomic mass is 32.2. The van der Waals surface area contributed by atoms with Crippen molar-refractivity contribution in [1.82, 2.24) is 24.8 Å². The van der Waals surface area contributed by atoms with E-state index >= 15 is 0 Å². The maximum Gasteiger partial charge on any atom is 0.273 e. The van der Waals surface area contributed by atoms with Crippen molar-refractivity contribution in [2.24, 2.45) is 0 Å². The molecule has 2 aromatic heterocycles. The van der Waals surface area contributed by atoms with Crippen molar-refractivity contribution in [3.8, 4) is 11.3 Å². The quantitative estimate of drug-likeness (QED) is 0.598. The van der Waals surface area contributed by atoms with Gasteiger partial charge in [-0.05, 0) is 36.8 Å². The Kier molecular flexibility index (Phi) is 5.55. The van der Waals surface area contributed by atoms with Gasteiger partial charge in [-0.2, -0.15) is 5.10 Å². The molecular formula is C21H21N5O4S. The minimum atomic E-state index is -3.59. The summed E-state index contributed by atoms with van der Waals surface area (Å²) in [4.78, 5) is 30.1. The first-order valence-electron chi connectivity index (χ1n) is 9.69. The SMILES string of the molecule is CS(=O)(=O)c1ccccc1C(=O)N1CCCN1C(=O)Cn1ccc(-c2cccnc2)n1. The Morgan fingerprint density at radius 2 is 1.81 bits per heavy atom. The number of rotatable bonds is 5. The summed E-state index contributed by atoms with van der Waals surface area (Å²) in [5.41, 5.74) is 1.59. The molecule has 1 saturated heterocycles. The lowest BCUT2D eigenvalue weighted by Crippen LogP contribution is -2.46. The molecule has 0 atom stereocenters. The van der Waals surface area contributed by atoms with E-state index in [0.717, 1.165) is 11.8 Å². The molecule has 0 saturated carbocycles. The summed E-state index contributed by atoms with van der Waals surface area (Å²) < 4.78 is 25.7. The maximum absolute atomic E-state index is 13.1. The van der Waals surface area contributed by atoms with Crippen LogP contribution < -0.4 is 0 Å². The summed E-state index contributed by atoms with van der Waals surface area (Å²) in [5.74, 6) is -0.813. The molecule has 9 nitrogen and oxygen atoms in total. The van der Waals surface area contributed by atoms with Crippen LogP contribution in [0.25, 0.3) is 11.3 Å². The van der Waals surface area contributed by atoms with E-state index in [1.165, 1.54) is 26.8 Å². The first kappa shape index (κ1) is 20.7. The lowest BCUT2D eigenvalue weighted by molar-refractivity contribution is -0.141. The molecule has 0 spiro atoms. The average Bonchev–Trinajstić information content (AvgIpc) is 3.43. The predicted molar refractivity (Wildman–Crippen MR) is 112 cm³/mol. The molecule has 0 bridgehead atoms. The van der Waals surface area contributed by atoms with Gasteiger partial charge in [0.15, 0.2) is 9.84 Å². The van der Waals surface area contributed by atoms with Gasteiger partial charge >= 0.3 is 0 Å². The zero-order chi connectivity index (χ0) is 22.0. The van der Waals surface area contributed by atoms with Gasteiger partial charge in [0, 0.05) is 43.5 Å². The van der Waals surface area contributed by atoms with Crippen LogP contribution in [0.1, 0.15) is 16.8 Å². The molecule has 0 radical (unpaired) electrons. The van der Waals surface area contributed by atoms with Gasteiger partial charge < -0.3 is 0 Å². The van der Waals surface area contributed by atoms with Gasteiger partial charge in [0.05, 0.1) is 16.2 Å². The second-order valence-electron chi connectivity index (χ2n) is 7.21. The van der Waals surface area contributed by atoms with Crippen molar-refractivity contribution in [1.29, 1.82) is 0 Å². The number of hydrogen-bond donors (Lipinski definition) is 0. The third-order valence-electron chi connectivity index (χ3n) is 4.97. The zero-order valence-electron chi connectivity index (χ0n) is 16.9. The van der Waals surface area contributed by atoms with Crippen LogP contribution in [-0.2, 0) is 21.2 Å². The van der Waals surface area contributed by atoms with E-state index in [-0.39, 0.29) is 22.9 Å². The summed E-state index contributed by atoms with van der Waals surface area (Å²) >= 11 is 0. The molecule has 0 unspecified atom stereocenters. The molecule has 10 heteroatoms. The number of pyridine rings is 1. The molecule has 160 valence electrons. The highest BCUT2D eigenvalue weighted by molar-refractivity contribution is 7.90. The summed E-state index contributed by atoms with van der Waals surface area (Å²) in [7, 11) is -3.59. The molecule has 1 aliphatic rings. The topological polar surface area (TPSA) is 105 Å². The first-order valence-corrected chi connectivity index (χ1v) is 11.6. The molecule has 31 heavy (non-hydrogen) atoms. The van der Waals surface area contributed by atoms with E-state index in [4.69, 9.17) is 0 Å². The Labute approximate surface area is 179 Å². The normalized spacial score (nSPS) is 14.1. The van der Waals surface area contributed by atoms with Crippen LogP contribution in [0.5, 0.6) is 0 Å². The molecule has 0 aliphatic carbocycles. The number of sulfone groups is 1. The third kappa shape index (κ3) is 4.33.